The molecular weight excluding hydrogens is 445 g/mol. The summed E-state index contributed by atoms with van der Waals surface area (Å²) in [5.41, 5.74) is 1.16. The van der Waals surface area contributed by atoms with E-state index in [9.17, 15) is 13.6 Å². The first-order valence-electron chi connectivity index (χ1n) is 10.5. The quantitative estimate of drug-likeness (QED) is 0.703. The number of carbonyl (C=O) groups excluding carboxylic acids is 1. The molecule has 31 heavy (non-hydrogen) atoms. The summed E-state index contributed by atoms with van der Waals surface area (Å²) in [7, 11) is 0. The Labute approximate surface area is 189 Å². The van der Waals surface area contributed by atoms with Crippen molar-refractivity contribution in [2.24, 2.45) is 5.92 Å². The number of hydrogen-bond donors (Lipinski definition) is 1. The Hall–Kier alpha value is -1.73. The van der Waals surface area contributed by atoms with E-state index < -0.39 is 23.2 Å². The van der Waals surface area contributed by atoms with E-state index in [1.807, 2.05) is 11.0 Å². The number of benzene rings is 2. The number of nitrogens with one attached hydrogen (secondary N) is 1. The third kappa shape index (κ3) is 3.74. The molecule has 4 nitrogen and oxygen atoms in total. The molecule has 2 aromatic rings. The van der Waals surface area contributed by atoms with Crippen LogP contribution in [0.25, 0.3) is 0 Å². The Morgan fingerprint density at radius 3 is 2.68 bits per heavy atom. The first kappa shape index (κ1) is 21.1. The highest BCUT2D eigenvalue weighted by Crippen LogP contribution is 2.48. The van der Waals surface area contributed by atoms with Crippen molar-refractivity contribution < 1.29 is 18.3 Å². The van der Waals surface area contributed by atoms with E-state index in [1.54, 1.807) is 12.1 Å². The number of amides is 1. The van der Waals surface area contributed by atoms with Gasteiger partial charge < -0.3 is 15.0 Å². The second kappa shape index (κ2) is 8.00. The molecule has 3 aliphatic rings. The van der Waals surface area contributed by atoms with Crippen LogP contribution < -0.4 is 5.32 Å². The lowest BCUT2D eigenvalue weighted by molar-refractivity contribution is -0.157. The van der Waals surface area contributed by atoms with Gasteiger partial charge in [-0.1, -0.05) is 29.3 Å². The fraction of sp³-hybridized carbons (Fsp3) is 0.435. The first-order valence-corrected chi connectivity index (χ1v) is 11.2. The Morgan fingerprint density at radius 1 is 1.16 bits per heavy atom. The van der Waals surface area contributed by atoms with Crippen LogP contribution in [0, 0.1) is 17.6 Å². The lowest BCUT2D eigenvalue weighted by Gasteiger charge is -2.42. The smallest absolute Gasteiger partial charge is 0.230 e. The monoisotopic (exact) mass is 466 g/mol. The van der Waals surface area contributed by atoms with Crippen LogP contribution in [0.1, 0.15) is 36.0 Å². The summed E-state index contributed by atoms with van der Waals surface area (Å²) in [5.74, 6) is -2.38. The summed E-state index contributed by atoms with van der Waals surface area (Å²) in [6.07, 6.45) is 2.40. The second-order valence-electron chi connectivity index (χ2n) is 8.55. The summed E-state index contributed by atoms with van der Waals surface area (Å²) >= 11 is 12.2. The van der Waals surface area contributed by atoms with Gasteiger partial charge >= 0.3 is 0 Å². The lowest BCUT2D eigenvalue weighted by atomic mass is 9.75. The summed E-state index contributed by atoms with van der Waals surface area (Å²) in [6.45, 7) is 1.64. The molecule has 5 rings (SSSR count). The molecule has 0 radical (unpaired) electrons. The van der Waals surface area contributed by atoms with Gasteiger partial charge in [0.2, 0.25) is 5.91 Å². The largest absolute Gasteiger partial charge is 0.365 e. The number of halogens is 4. The zero-order valence-electron chi connectivity index (χ0n) is 16.8. The molecule has 0 bridgehead atoms. The third-order valence-corrected chi connectivity index (χ3v) is 7.32. The summed E-state index contributed by atoms with van der Waals surface area (Å²) in [6, 6.07) is 7.94. The number of hydrogen-bond acceptors (Lipinski definition) is 3. The number of piperidine rings is 1. The first-order chi connectivity index (χ1) is 14.9. The zero-order valence-corrected chi connectivity index (χ0v) is 18.3. The van der Waals surface area contributed by atoms with Crippen LogP contribution >= 0.6 is 23.2 Å². The maximum Gasteiger partial charge on any atom is 0.230 e. The molecule has 164 valence electrons. The van der Waals surface area contributed by atoms with Crippen molar-refractivity contribution in [3.8, 4) is 0 Å². The Balaban J connectivity index is 1.48. The second-order valence-corrected chi connectivity index (χ2v) is 9.37. The summed E-state index contributed by atoms with van der Waals surface area (Å²) < 4.78 is 34.1. The van der Waals surface area contributed by atoms with Crippen LogP contribution in [0.3, 0.4) is 0 Å². The maximum absolute atomic E-state index is 14.1. The van der Waals surface area contributed by atoms with Crippen LogP contribution in [0.2, 0.25) is 10.0 Å². The molecule has 8 heteroatoms. The van der Waals surface area contributed by atoms with Crippen molar-refractivity contribution in [2.75, 3.05) is 13.1 Å². The van der Waals surface area contributed by atoms with Crippen molar-refractivity contribution in [1.82, 2.24) is 10.2 Å². The van der Waals surface area contributed by atoms with Gasteiger partial charge in [-0.2, -0.15) is 0 Å². The van der Waals surface area contributed by atoms with Crippen molar-refractivity contribution in [3.05, 3.63) is 68.7 Å². The molecule has 2 aliphatic heterocycles. The minimum atomic E-state index is -0.947. The molecule has 1 saturated carbocycles. The molecule has 1 N–H and O–H groups in total. The fourth-order valence-corrected chi connectivity index (χ4v) is 5.16. The minimum absolute atomic E-state index is 0.0432. The molecular formula is C23H22Cl2F2N2O2. The molecule has 0 aromatic heterocycles. The molecule has 2 atom stereocenters. The highest BCUT2D eigenvalue weighted by Gasteiger charge is 2.53. The van der Waals surface area contributed by atoms with E-state index in [-0.39, 0.29) is 18.6 Å². The maximum atomic E-state index is 14.1. The molecule has 1 saturated heterocycles. The summed E-state index contributed by atoms with van der Waals surface area (Å²) in [4.78, 5) is 15.7. The van der Waals surface area contributed by atoms with Gasteiger partial charge in [0.05, 0.1) is 22.6 Å². The molecule has 2 fully saturated rings. The van der Waals surface area contributed by atoms with Gasteiger partial charge in [0.15, 0.2) is 11.6 Å². The van der Waals surface area contributed by atoms with Crippen LogP contribution in [-0.4, -0.2) is 29.9 Å². The fourth-order valence-electron chi connectivity index (χ4n) is 4.84. The average Bonchev–Trinajstić information content (AvgIpc) is 3.55. The predicted octanol–water partition coefficient (Wildman–Crippen LogP) is 4.80. The highest BCUT2D eigenvalue weighted by atomic mass is 35.5. The molecule has 2 heterocycles. The van der Waals surface area contributed by atoms with Crippen LogP contribution in [0.15, 0.2) is 30.3 Å². The van der Waals surface area contributed by atoms with E-state index in [1.165, 1.54) is 12.1 Å². The molecule has 1 spiro atoms. The summed E-state index contributed by atoms with van der Waals surface area (Å²) in [5, 5.41) is 4.20. The van der Waals surface area contributed by atoms with E-state index >= 15 is 0 Å². The predicted molar refractivity (Wildman–Crippen MR) is 114 cm³/mol. The molecule has 2 aromatic carbocycles. The van der Waals surface area contributed by atoms with Crippen molar-refractivity contribution >= 4 is 29.1 Å². The van der Waals surface area contributed by atoms with Gasteiger partial charge in [-0.3, -0.25) is 4.79 Å². The number of carbonyl (C=O) groups is 1. The van der Waals surface area contributed by atoms with E-state index in [2.05, 4.69) is 5.32 Å². The van der Waals surface area contributed by atoms with Gasteiger partial charge in [0.25, 0.3) is 0 Å². The minimum Gasteiger partial charge on any atom is -0.365 e. The number of fused-ring (bicyclic) bond motifs is 2. The van der Waals surface area contributed by atoms with E-state index in [0.717, 1.165) is 18.4 Å². The molecule has 1 aliphatic carbocycles. The molecule has 1 amide bonds. The standard InChI is InChI=1S/C23H22Cl2F2N2O2/c24-18-4-1-13(7-19(18)25)11-29(15-2-3-15)22(30)17-10-28-6-5-23(17)16-9-21(27)20(26)8-14(16)12-31-23/h1,4,7-9,15,17,28H,2-3,5-6,10-12H2/t17-,23?/m1/s1. The van der Waals surface area contributed by atoms with Crippen molar-refractivity contribution in [2.45, 2.75) is 44.1 Å². The van der Waals surface area contributed by atoms with Gasteiger partial charge in [-0.15, -0.1) is 0 Å². The zero-order chi connectivity index (χ0) is 21.8. The lowest BCUT2D eigenvalue weighted by Crippen LogP contribution is -2.55. The van der Waals surface area contributed by atoms with Gasteiger partial charge in [0, 0.05) is 19.1 Å². The van der Waals surface area contributed by atoms with Crippen LogP contribution in [0.5, 0.6) is 0 Å². The SMILES string of the molecule is O=C([C@H]1CNCCC12OCc1cc(F)c(F)cc12)N(Cc1ccc(Cl)c(Cl)c1)C1CC1. The van der Waals surface area contributed by atoms with Crippen molar-refractivity contribution in [1.29, 1.82) is 0 Å². The Bertz CT molecular complexity index is 1050. The topological polar surface area (TPSA) is 41.6 Å². The third-order valence-electron chi connectivity index (χ3n) is 6.58. The Morgan fingerprint density at radius 2 is 1.94 bits per heavy atom. The van der Waals surface area contributed by atoms with Crippen LogP contribution in [0.4, 0.5) is 8.78 Å². The normalized spacial score (nSPS) is 25.0. The average molecular weight is 467 g/mol. The number of rotatable bonds is 4. The van der Waals surface area contributed by atoms with Crippen molar-refractivity contribution in [3.63, 3.8) is 0 Å². The number of nitrogens with zero attached hydrogens (tertiary/aromatic N) is 1. The highest BCUT2D eigenvalue weighted by molar-refractivity contribution is 6.42. The van der Waals surface area contributed by atoms with Crippen LogP contribution in [-0.2, 0) is 28.3 Å². The van der Waals surface area contributed by atoms with Gasteiger partial charge in [0.1, 0.15) is 5.60 Å². The van der Waals surface area contributed by atoms with E-state index in [0.29, 0.717) is 47.2 Å². The molecule has 1 unspecified atom stereocenters. The number of ether oxygens (including phenoxy) is 1. The van der Waals surface area contributed by atoms with Gasteiger partial charge in [-0.05, 0) is 66.8 Å². The Kier molecular flexibility index (Phi) is 5.45. The van der Waals surface area contributed by atoms with Gasteiger partial charge in [-0.25, -0.2) is 8.78 Å². The van der Waals surface area contributed by atoms with E-state index in [4.69, 9.17) is 27.9 Å².